The van der Waals surface area contributed by atoms with Crippen molar-refractivity contribution in [2.75, 3.05) is 33.0 Å². The molecule has 37 heavy (non-hydrogen) atoms. The fourth-order valence-electron chi connectivity index (χ4n) is 4.34. The highest BCUT2D eigenvalue weighted by atomic mass is 31.2. The normalized spacial score (nSPS) is 12.7. The van der Waals surface area contributed by atoms with Gasteiger partial charge in [0.2, 0.25) is 0 Å². The molecule has 8 heteroatoms. The van der Waals surface area contributed by atoms with Crippen LogP contribution in [0.4, 0.5) is 0 Å². The van der Waals surface area contributed by atoms with E-state index >= 15 is 0 Å². The lowest BCUT2D eigenvalue weighted by Crippen LogP contribution is -2.24. The summed E-state index contributed by atoms with van der Waals surface area (Å²) in [6.07, 6.45) is 15.3. The van der Waals surface area contributed by atoms with E-state index in [9.17, 15) is 4.57 Å². The van der Waals surface area contributed by atoms with Crippen molar-refractivity contribution < 1.29 is 33.1 Å². The van der Waals surface area contributed by atoms with E-state index in [1.165, 1.54) is 64.2 Å². The number of phosphoric ester groups is 1. The van der Waals surface area contributed by atoms with Gasteiger partial charge in [-0.3, -0.25) is 4.52 Å². The van der Waals surface area contributed by atoms with E-state index in [2.05, 4.69) is 29.6 Å². The van der Waals surface area contributed by atoms with Crippen LogP contribution in [-0.4, -0.2) is 48.9 Å². The summed E-state index contributed by atoms with van der Waals surface area (Å²) >= 11 is 0. The van der Waals surface area contributed by atoms with Crippen LogP contribution in [0.5, 0.6) is 5.75 Å². The number of fused-ring (bicyclic) bond motifs is 1. The minimum atomic E-state index is -4.45. The average molecular weight is 539 g/mol. The molecule has 0 aliphatic heterocycles. The van der Waals surface area contributed by atoms with E-state index < -0.39 is 7.82 Å². The number of benzene rings is 2. The summed E-state index contributed by atoms with van der Waals surface area (Å²) in [6, 6.07) is 14.3. The van der Waals surface area contributed by atoms with Crippen molar-refractivity contribution in [3.05, 3.63) is 42.5 Å². The van der Waals surface area contributed by atoms with Crippen LogP contribution in [0.3, 0.4) is 0 Å². The molecule has 7 nitrogen and oxygen atoms in total. The summed E-state index contributed by atoms with van der Waals surface area (Å²) in [4.78, 5) is 17.4. The van der Waals surface area contributed by atoms with Crippen molar-refractivity contribution in [3.63, 3.8) is 0 Å². The molecule has 0 heterocycles. The van der Waals surface area contributed by atoms with Gasteiger partial charge in [-0.25, -0.2) is 4.57 Å². The van der Waals surface area contributed by atoms with E-state index in [0.29, 0.717) is 19.8 Å². The number of phosphoric acid groups is 1. The Morgan fingerprint density at radius 3 is 2.03 bits per heavy atom. The molecule has 2 aromatic carbocycles. The first-order chi connectivity index (χ1) is 18.0. The minimum Gasteiger partial charge on any atom is -0.487 e. The Morgan fingerprint density at radius 1 is 0.730 bits per heavy atom. The highest BCUT2D eigenvalue weighted by Gasteiger charge is 2.14. The van der Waals surface area contributed by atoms with Crippen molar-refractivity contribution in [2.45, 2.75) is 90.1 Å². The molecule has 0 saturated carbocycles. The summed E-state index contributed by atoms with van der Waals surface area (Å²) in [5.41, 5.74) is 0. The van der Waals surface area contributed by atoms with Gasteiger partial charge < -0.3 is 24.0 Å². The molecule has 2 N–H and O–H groups in total. The lowest BCUT2D eigenvalue weighted by molar-refractivity contribution is 0.00254. The minimum absolute atomic E-state index is 0.0534. The van der Waals surface area contributed by atoms with Gasteiger partial charge in [0.05, 0.1) is 33.0 Å². The molecule has 0 amide bonds. The van der Waals surface area contributed by atoms with E-state index in [1.807, 2.05) is 24.3 Å². The van der Waals surface area contributed by atoms with Gasteiger partial charge in [0, 0.05) is 5.39 Å². The number of hydrogen-bond donors (Lipinski definition) is 2. The molecule has 2 rings (SSSR count). The third-order valence-electron chi connectivity index (χ3n) is 6.34. The average Bonchev–Trinajstić information content (AvgIpc) is 2.88. The first-order valence-electron chi connectivity index (χ1n) is 14.0. The van der Waals surface area contributed by atoms with Gasteiger partial charge in [-0.1, -0.05) is 108 Å². The fraction of sp³-hybridized carbons (Fsp3) is 0.655. The maximum absolute atomic E-state index is 10.7. The molecule has 2 aromatic rings. The van der Waals surface area contributed by atoms with Crippen LogP contribution in [0.2, 0.25) is 0 Å². The van der Waals surface area contributed by atoms with E-state index in [1.54, 1.807) is 0 Å². The maximum atomic E-state index is 10.7. The van der Waals surface area contributed by atoms with Crippen LogP contribution in [0.1, 0.15) is 84.0 Å². The highest BCUT2D eigenvalue weighted by Crippen LogP contribution is 2.35. The van der Waals surface area contributed by atoms with Crippen molar-refractivity contribution in [1.82, 2.24) is 0 Å². The van der Waals surface area contributed by atoms with Crippen LogP contribution in [-0.2, 0) is 18.6 Å². The quantitative estimate of drug-likeness (QED) is 0.112. The van der Waals surface area contributed by atoms with Crippen LogP contribution in [0.25, 0.3) is 10.8 Å². The van der Waals surface area contributed by atoms with Crippen molar-refractivity contribution in [1.29, 1.82) is 0 Å². The molecule has 0 aromatic heterocycles. The van der Waals surface area contributed by atoms with E-state index in [-0.39, 0.29) is 19.3 Å². The monoisotopic (exact) mass is 538 g/mol. The predicted octanol–water partition coefficient (Wildman–Crippen LogP) is 7.43. The SMILES string of the molecule is CCCCCCCCCCCCCC(COCCOCCOP(=O)(O)O)Oc1cccc2ccccc12. The summed E-state index contributed by atoms with van der Waals surface area (Å²) in [5.74, 6) is 0.876. The third kappa shape index (κ3) is 15.5. The molecule has 1 atom stereocenters. The predicted molar refractivity (Wildman–Crippen MR) is 149 cm³/mol. The van der Waals surface area contributed by atoms with Crippen molar-refractivity contribution in [2.24, 2.45) is 0 Å². The number of hydrogen-bond acceptors (Lipinski definition) is 5. The number of unbranched alkanes of at least 4 members (excludes halogenated alkanes) is 10. The van der Waals surface area contributed by atoms with Gasteiger partial charge in [-0.05, 0) is 24.3 Å². The number of ether oxygens (including phenoxy) is 3. The zero-order chi connectivity index (χ0) is 26.6. The Hall–Kier alpha value is -1.47. The van der Waals surface area contributed by atoms with Gasteiger partial charge >= 0.3 is 7.82 Å². The molecule has 0 spiro atoms. The van der Waals surface area contributed by atoms with Gasteiger partial charge in [0.25, 0.3) is 0 Å². The largest absolute Gasteiger partial charge is 0.487 e. The maximum Gasteiger partial charge on any atom is 0.469 e. The Balaban J connectivity index is 1.70. The lowest BCUT2D eigenvalue weighted by atomic mass is 10.0. The zero-order valence-corrected chi connectivity index (χ0v) is 23.4. The zero-order valence-electron chi connectivity index (χ0n) is 22.5. The van der Waals surface area contributed by atoms with Gasteiger partial charge in [0.1, 0.15) is 11.9 Å². The molecular weight excluding hydrogens is 491 g/mol. The van der Waals surface area contributed by atoms with Crippen molar-refractivity contribution in [3.8, 4) is 5.75 Å². The smallest absolute Gasteiger partial charge is 0.469 e. The van der Waals surface area contributed by atoms with Gasteiger partial charge in [-0.15, -0.1) is 0 Å². The van der Waals surface area contributed by atoms with Gasteiger partial charge in [0.15, 0.2) is 0 Å². The molecular formula is C29H47O7P. The second-order valence-corrected chi connectivity index (χ2v) is 10.8. The van der Waals surface area contributed by atoms with Crippen LogP contribution < -0.4 is 4.74 Å². The standard InChI is InChI=1S/C29H47O7P/c1-2-3-4-5-6-7-8-9-10-11-12-18-27(25-34-22-21-33-23-24-35-37(30,31)32)36-29-20-15-17-26-16-13-14-19-28(26)29/h13-17,19-20,27H,2-12,18,21-25H2,1H3,(H2,30,31,32). The Kier molecular flexibility index (Phi) is 16.8. The molecule has 210 valence electrons. The Bertz CT molecular complexity index is 880. The lowest BCUT2D eigenvalue weighted by Gasteiger charge is -2.20. The first-order valence-corrected chi connectivity index (χ1v) is 15.5. The molecule has 0 aliphatic rings. The third-order valence-corrected chi connectivity index (χ3v) is 6.85. The molecule has 0 aliphatic carbocycles. The van der Waals surface area contributed by atoms with E-state index in [4.69, 9.17) is 24.0 Å². The van der Waals surface area contributed by atoms with Crippen molar-refractivity contribution >= 4 is 18.6 Å². The fourth-order valence-corrected chi connectivity index (χ4v) is 4.65. The summed E-state index contributed by atoms with van der Waals surface area (Å²) < 4.78 is 32.6. The molecule has 0 radical (unpaired) electrons. The second kappa shape index (κ2) is 19.6. The number of rotatable bonds is 23. The summed E-state index contributed by atoms with van der Waals surface area (Å²) in [5, 5.41) is 2.25. The topological polar surface area (TPSA) is 94.5 Å². The Morgan fingerprint density at radius 2 is 1.32 bits per heavy atom. The summed E-state index contributed by atoms with van der Waals surface area (Å²) in [7, 11) is -4.45. The molecule has 0 saturated heterocycles. The molecule has 1 unspecified atom stereocenters. The molecule has 0 bridgehead atoms. The summed E-state index contributed by atoms with van der Waals surface area (Å²) in [6.45, 7) is 3.37. The van der Waals surface area contributed by atoms with Crippen LogP contribution in [0.15, 0.2) is 42.5 Å². The van der Waals surface area contributed by atoms with Crippen LogP contribution in [0, 0.1) is 0 Å². The first kappa shape index (κ1) is 31.7. The molecule has 0 fully saturated rings. The van der Waals surface area contributed by atoms with Gasteiger partial charge in [-0.2, -0.15) is 0 Å². The highest BCUT2D eigenvalue weighted by molar-refractivity contribution is 7.46. The van der Waals surface area contributed by atoms with Crippen LogP contribution >= 0.6 is 7.82 Å². The van der Waals surface area contributed by atoms with E-state index in [0.717, 1.165) is 29.4 Å². The Labute approximate surface area is 223 Å². The second-order valence-electron chi connectivity index (χ2n) is 9.55.